The number of likely N-dealkylation sites (tertiary alicyclic amines) is 2. The van der Waals surface area contributed by atoms with E-state index in [1.165, 1.54) is 38.8 Å². The Morgan fingerprint density at radius 3 is 2.57 bits per heavy atom. The summed E-state index contributed by atoms with van der Waals surface area (Å²) >= 11 is 3.52. The SMILES string of the molecule is O=C(c1cc(Br)cn1C1CC1)N1CCC(N2CCCC2)C1. The molecule has 1 aliphatic carbocycles. The third-order valence-corrected chi connectivity index (χ3v) is 5.52. The van der Waals surface area contributed by atoms with Gasteiger partial charge in [-0.3, -0.25) is 9.69 Å². The molecule has 0 spiro atoms. The smallest absolute Gasteiger partial charge is 0.270 e. The summed E-state index contributed by atoms with van der Waals surface area (Å²) in [6, 6.07) is 3.13. The van der Waals surface area contributed by atoms with Crippen molar-refractivity contribution >= 4 is 21.8 Å². The van der Waals surface area contributed by atoms with E-state index in [0.29, 0.717) is 12.1 Å². The fourth-order valence-corrected chi connectivity index (χ4v) is 4.20. The summed E-state index contributed by atoms with van der Waals surface area (Å²) in [5, 5.41) is 0. The molecular weight excluding hydrogens is 330 g/mol. The number of nitrogens with zero attached hydrogens (tertiary/aromatic N) is 3. The van der Waals surface area contributed by atoms with Crippen LogP contribution >= 0.6 is 15.9 Å². The van der Waals surface area contributed by atoms with Crippen LogP contribution in [0.3, 0.4) is 0 Å². The number of amides is 1. The van der Waals surface area contributed by atoms with Crippen molar-refractivity contribution in [1.82, 2.24) is 14.4 Å². The third kappa shape index (κ3) is 2.66. The van der Waals surface area contributed by atoms with Crippen molar-refractivity contribution in [2.45, 2.75) is 44.2 Å². The van der Waals surface area contributed by atoms with Crippen LogP contribution in [0.2, 0.25) is 0 Å². The number of hydrogen-bond acceptors (Lipinski definition) is 2. The lowest BCUT2D eigenvalue weighted by molar-refractivity contribution is 0.0769. The summed E-state index contributed by atoms with van der Waals surface area (Å²) in [5.74, 6) is 0.217. The van der Waals surface area contributed by atoms with Gasteiger partial charge in [0.25, 0.3) is 5.91 Å². The molecule has 3 fully saturated rings. The quantitative estimate of drug-likeness (QED) is 0.837. The van der Waals surface area contributed by atoms with Crippen molar-refractivity contribution in [3.05, 3.63) is 22.4 Å². The molecule has 2 saturated heterocycles. The molecule has 1 unspecified atom stereocenters. The highest BCUT2D eigenvalue weighted by Crippen LogP contribution is 2.38. The Kier molecular flexibility index (Phi) is 3.58. The number of aromatic nitrogens is 1. The lowest BCUT2D eigenvalue weighted by Crippen LogP contribution is -2.37. The van der Waals surface area contributed by atoms with E-state index in [-0.39, 0.29) is 5.91 Å². The molecule has 0 bridgehead atoms. The first-order valence-electron chi connectivity index (χ1n) is 8.13. The highest BCUT2D eigenvalue weighted by Gasteiger charge is 2.34. The number of rotatable bonds is 3. The standard InChI is InChI=1S/C16H22BrN3O/c17-12-9-15(20(10-12)13-3-4-13)16(21)19-8-5-14(11-19)18-6-1-2-7-18/h9-10,13-14H,1-8,11H2. The predicted molar refractivity (Wildman–Crippen MR) is 85.5 cm³/mol. The van der Waals surface area contributed by atoms with Crippen LogP contribution in [0.5, 0.6) is 0 Å². The summed E-state index contributed by atoms with van der Waals surface area (Å²) in [6.45, 7) is 4.26. The zero-order valence-corrected chi connectivity index (χ0v) is 13.9. The Morgan fingerprint density at radius 1 is 1.10 bits per heavy atom. The Bertz CT molecular complexity index is 546. The van der Waals surface area contributed by atoms with E-state index in [2.05, 4.69) is 36.5 Å². The van der Waals surface area contributed by atoms with Gasteiger partial charge in [0.15, 0.2) is 0 Å². The van der Waals surface area contributed by atoms with Gasteiger partial charge in [0.2, 0.25) is 0 Å². The number of carbonyl (C=O) groups excluding carboxylic acids is 1. The zero-order chi connectivity index (χ0) is 14.4. The second-order valence-corrected chi connectivity index (χ2v) is 7.53. The minimum Gasteiger partial charge on any atom is -0.339 e. The van der Waals surface area contributed by atoms with E-state index in [4.69, 9.17) is 0 Å². The Hall–Kier alpha value is -0.810. The zero-order valence-electron chi connectivity index (χ0n) is 12.3. The molecule has 3 heterocycles. The molecule has 5 heteroatoms. The average Bonchev–Trinajstić information content (AvgIpc) is 2.94. The predicted octanol–water partition coefficient (Wildman–Crippen LogP) is 2.90. The molecule has 0 radical (unpaired) electrons. The van der Waals surface area contributed by atoms with E-state index in [1.807, 2.05) is 6.07 Å². The van der Waals surface area contributed by atoms with Gasteiger partial charge in [-0.15, -0.1) is 0 Å². The molecule has 0 N–H and O–H groups in total. The fourth-order valence-electron chi connectivity index (χ4n) is 3.76. The second kappa shape index (κ2) is 5.43. The largest absolute Gasteiger partial charge is 0.339 e. The maximum atomic E-state index is 12.8. The Morgan fingerprint density at radius 2 is 1.86 bits per heavy atom. The molecule has 4 nitrogen and oxygen atoms in total. The van der Waals surface area contributed by atoms with Crippen LogP contribution in [0, 0.1) is 0 Å². The molecule has 1 atom stereocenters. The van der Waals surface area contributed by atoms with Crippen LogP contribution in [0.25, 0.3) is 0 Å². The molecule has 1 aromatic heterocycles. The first-order chi connectivity index (χ1) is 10.2. The van der Waals surface area contributed by atoms with Crippen molar-refractivity contribution in [1.29, 1.82) is 0 Å². The van der Waals surface area contributed by atoms with Gasteiger partial charge in [-0.2, -0.15) is 0 Å². The van der Waals surface area contributed by atoms with Crippen LogP contribution in [0.15, 0.2) is 16.7 Å². The molecule has 114 valence electrons. The van der Waals surface area contributed by atoms with Gasteiger partial charge in [-0.05, 0) is 67.2 Å². The topological polar surface area (TPSA) is 28.5 Å². The van der Waals surface area contributed by atoms with E-state index in [9.17, 15) is 4.79 Å². The van der Waals surface area contributed by atoms with Gasteiger partial charge in [-0.25, -0.2) is 0 Å². The molecule has 1 saturated carbocycles. The van der Waals surface area contributed by atoms with Gasteiger partial charge in [0, 0.05) is 35.8 Å². The van der Waals surface area contributed by atoms with Crippen LogP contribution in [-0.4, -0.2) is 52.5 Å². The highest BCUT2D eigenvalue weighted by atomic mass is 79.9. The maximum Gasteiger partial charge on any atom is 0.270 e. The minimum absolute atomic E-state index is 0.217. The van der Waals surface area contributed by atoms with Gasteiger partial charge < -0.3 is 9.47 Å². The third-order valence-electron chi connectivity index (χ3n) is 5.08. The van der Waals surface area contributed by atoms with Gasteiger partial charge >= 0.3 is 0 Å². The number of hydrogen-bond donors (Lipinski definition) is 0. The van der Waals surface area contributed by atoms with Gasteiger partial charge in [0.05, 0.1) is 0 Å². The Labute approximate surface area is 134 Å². The molecule has 21 heavy (non-hydrogen) atoms. The van der Waals surface area contributed by atoms with Crippen molar-refractivity contribution in [2.24, 2.45) is 0 Å². The van der Waals surface area contributed by atoms with E-state index in [1.54, 1.807) is 0 Å². The summed E-state index contributed by atoms with van der Waals surface area (Å²) in [6.07, 6.45) is 8.26. The lowest BCUT2D eigenvalue weighted by atomic mass is 10.2. The van der Waals surface area contributed by atoms with E-state index >= 15 is 0 Å². The molecular formula is C16H22BrN3O. The van der Waals surface area contributed by atoms with Gasteiger partial charge in [-0.1, -0.05) is 0 Å². The average molecular weight is 352 g/mol. The molecule has 1 aromatic rings. The fraction of sp³-hybridized carbons (Fsp3) is 0.688. The molecule has 3 aliphatic rings. The van der Waals surface area contributed by atoms with Crippen molar-refractivity contribution in [3.63, 3.8) is 0 Å². The Balaban J connectivity index is 1.48. The summed E-state index contributed by atoms with van der Waals surface area (Å²) in [7, 11) is 0. The molecule has 1 amide bonds. The maximum absolute atomic E-state index is 12.8. The van der Waals surface area contributed by atoms with Crippen molar-refractivity contribution < 1.29 is 4.79 Å². The lowest BCUT2D eigenvalue weighted by Gasteiger charge is -2.23. The van der Waals surface area contributed by atoms with E-state index in [0.717, 1.165) is 29.7 Å². The van der Waals surface area contributed by atoms with Crippen molar-refractivity contribution in [3.8, 4) is 0 Å². The van der Waals surface area contributed by atoms with Crippen LogP contribution in [0.4, 0.5) is 0 Å². The van der Waals surface area contributed by atoms with Crippen LogP contribution in [-0.2, 0) is 0 Å². The van der Waals surface area contributed by atoms with E-state index < -0.39 is 0 Å². The first-order valence-corrected chi connectivity index (χ1v) is 8.92. The normalized spacial score (nSPS) is 26.7. The van der Waals surface area contributed by atoms with Crippen molar-refractivity contribution in [2.75, 3.05) is 26.2 Å². The van der Waals surface area contributed by atoms with Gasteiger partial charge in [0.1, 0.15) is 5.69 Å². The van der Waals surface area contributed by atoms with Crippen LogP contribution < -0.4 is 0 Å². The summed E-state index contributed by atoms with van der Waals surface area (Å²) in [5.41, 5.74) is 0.867. The number of carbonyl (C=O) groups is 1. The molecule has 0 aromatic carbocycles. The number of halogens is 1. The van der Waals surface area contributed by atoms with Crippen LogP contribution in [0.1, 0.15) is 48.6 Å². The molecule has 4 rings (SSSR count). The summed E-state index contributed by atoms with van der Waals surface area (Å²) < 4.78 is 3.20. The first kappa shape index (κ1) is 13.8. The summed E-state index contributed by atoms with van der Waals surface area (Å²) in [4.78, 5) is 17.5. The second-order valence-electron chi connectivity index (χ2n) is 6.62. The monoisotopic (exact) mass is 351 g/mol. The molecule has 2 aliphatic heterocycles. The minimum atomic E-state index is 0.217. The highest BCUT2D eigenvalue weighted by molar-refractivity contribution is 9.10.